The molecule has 3 aliphatic heterocycles. The molecule has 7 heterocycles. The molecule has 6 unspecified atom stereocenters. The van der Waals surface area contributed by atoms with Gasteiger partial charge in [-0.15, -0.1) is 0 Å². The van der Waals surface area contributed by atoms with Crippen LogP contribution in [0.3, 0.4) is 0 Å². The lowest BCUT2D eigenvalue weighted by molar-refractivity contribution is -0.119. The molecule has 0 bridgehead atoms. The minimum Gasteiger partial charge on any atom is -0.346 e. The van der Waals surface area contributed by atoms with Gasteiger partial charge in [0.2, 0.25) is 23.7 Å². The van der Waals surface area contributed by atoms with Crippen LogP contribution in [-0.2, 0) is 55.3 Å². The van der Waals surface area contributed by atoms with Gasteiger partial charge in [-0.05, 0) is 0 Å². The molecule has 3 aliphatic rings. The summed E-state index contributed by atoms with van der Waals surface area (Å²) in [5.74, 6) is -2.69. The van der Waals surface area contributed by atoms with Gasteiger partial charge in [0, 0.05) is 11.8 Å². The van der Waals surface area contributed by atoms with Gasteiger partial charge < -0.3 is 9.47 Å². The Labute approximate surface area is 352 Å². The fraction of sp³-hybridized carbons (Fsp3) is 0.576. The minimum absolute atomic E-state index is 0.282. The van der Waals surface area contributed by atoms with Crippen LogP contribution < -0.4 is 21.8 Å². The molecule has 4 aromatic heterocycles. The second-order valence-electron chi connectivity index (χ2n) is 14.6. The molecule has 63 heavy (non-hydrogen) atoms. The predicted molar refractivity (Wildman–Crippen MR) is 205 cm³/mol. The molecule has 26 nitrogen and oxygen atoms in total. The van der Waals surface area contributed by atoms with Gasteiger partial charge in [0.15, 0.2) is 47.1 Å². The van der Waals surface area contributed by atoms with Crippen molar-refractivity contribution in [3.8, 4) is 12.1 Å². The summed E-state index contributed by atoms with van der Waals surface area (Å²) in [5.41, 5.74) is -2.81. The third kappa shape index (κ3) is 9.46. The highest BCUT2D eigenvalue weighted by Crippen LogP contribution is 2.58. The molecule has 4 N–H and O–H groups in total. The zero-order valence-corrected chi connectivity index (χ0v) is 35.2. The maximum Gasteiger partial charge on any atom is 0.476 e. The lowest BCUT2D eigenvalue weighted by Gasteiger charge is -2.29. The number of imidazole rings is 2. The van der Waals surface area contributed by atoms with E-state index in [4.69, 9.17) is 36.6 Å². The van der Waals surface area contributed by atoms with Crippen LogP contribution in [-0.4, -0.2) is 114 Å². The van der Waals surface area contributed by atoms with E-state index in [1.165, 1.54) is 0 Å². The van der Waals surface area contributed by atoms with Crippen LogP contribution in [0.5, 0.6) is 0 Å². The Balaban J connectivity index is 1.23. The molecule has 3 fully saturated rings. The Kier molecular flexibility index (Phi) is 13.3. The zero-order valence-electron chi connectivity index (χ0n) is 33.4. The molecule has 338 valence electrons. The van der Waals surface area contributed by atoms with E-state index in [9.17, 15) is 38.8 Å². The van der Waals surface area contributed by atoms with E-state index in [1.54, 1.807) is 39.8 Å². The number of alkyl halides is 2. The quantitative estimate of drug-likeness (QED) is 0.124. The number of nitrogens with zero attached hydrogens (tertiary/aromatic N) is 8. The van der Waals surface area contributed by atoms with Gasteiger partial charge in [-0.1, -0.05) is 27.7 Å². The summed E-state index contributed by atoms with van der Waals surface area (Å²) < 4.78 is 109. The Morgan fingerprint density at radius 3 is 1.67 bits per heavy atom. The lowest BCUT2D eigenvalue weighted by atomic mass is 10.1. The number of H-pyrrole nitrogens is 2. The van der Waals surface area contributed by atoms with Crippen LogP contribution in [0.2, 0.25) is 0 Å². The highest BCUT2D eigenvalue weighted by atomic mass is 31.2. The third-order valence-corrected chi connectivity index (χ3v) is 12.4. The third-order valence-electron chi connectivity index (χ3n) is 9.52. The van der Waals surface area contributed by atoms with Gasteiger partial charge in [-0.25, -0.2) is 27.9 Å². The van der Waals surface area contributed by atoms with Crippen LogP contribution in [0, 0.1) is 34.5 Å². The molecular weight excluding hydrogens is 888 g/mol. The summed E-state index contributed by atoms with van der Waals surface area (Å²) in [4.78, 5) is 71.6. The number of carbonyl (C=O) groups is 2. The minimum atomic E-state index is -5.11. The number of halogens is 2. The van der Waals surface area contributed by atoms with E-state index in [0.29, 0.717) is 0 Å². The van der Waals surface area contributed by atoms with Crippen molar-refractivity contribution in [1.82, 2.24) is 39.0 Å². The summed E-state index contributed by atoms with van der Waals surface area (Å²) in [7, 11) is -10.2. The number of nitrogens with one attached hydrogen (secondary N) is 4. The molecule has 10 atom stereocenters. The first-order chi connectivity index (χ1) is 29.9. The molecule has 3 saturated heterocycles. The number of hydrogen-bond acceptors (Lipinski definition) is 20. The molecule has 2 amide bonds. The number of phosphoric acid groups is 2. The number of ether oxygens (including phenoxy) is 2. The van der Waals surface area contributed by atoms with Crippen molar-refractivity contribution in [3.05, 3.63) is 33.4 Å². The van der Waals surface area contributed by atoms with E-state index in [2.05, 4.69) is 40.5 Å². The van der Waals surface area contributed by atoms with Gasteiger partial charge in [-0.2, -0.15) is 20.5 Å². The largest absolute Gasteiger partial charge is 0.476 e. The number of rotatable bonds is 11. The summed E-state index contributed by atoms with van der Waals surface area (Å²) in [6, 6.07) is 3.36. The number of nitriles is 2. The molecule has 0 radical (unpaired) electrons. The Morgan fingerprint density at radius 2 is 1.25 bits per heavy atom. The number of amides is 2. The van der Waals surface area contributed by atoms with Crippen LogP contribution >= 0.6 is 15.6 Å². The maximum absolute atomic E-state index is 16.8. The van der Waals surface area contributed by atoms with Gasteiger partial charge in [0.05, 0.1) is 51.0 Å². The second-order valence-corrected chi connectivity index (χ2v) is 17.8. The maximum atomic E-state index is 16.8. The molecule has 4 aromatic rings. The van der Waals surface area contributed by atoms with E-state index in [1.807, 2.05) is 0 Å². The average molecular weight is 927 g/mol. The van der Waals surface area contributed by atoms with E-state index < -0.39 is 126 Å². The number of phosphoric ester groups is 2. The van der Waals surface area contributed by atoms with Crippen molar-refractivity contribution in [3.63, 3.8) is 0 Å². The van der Waals surface area contributed by atoms with Crippen molar-refractivity contribution in [2.45, 2.75) is 83.3 Å². The van der Waals surface area contributed by atoms with Crippen molar-refractivity contribution in [2.24, 2.45) is 11.8 Å². The molecular formula is C33H38F2N12O14P2. The van der Waals surface area contributed by atoms with E-state index >= 15 is 8.78 Å². The number of anilines is 2. The van der Waals surface area contributed by atoms with Gasteiger partial charge in [0.1, 0.15) is 31.0 Å². The zero-order chi connectivity index (χ0) is 45.4. The SMILES string of the molecule is CC(C)C(=O)Nc1nc2c(ncn2C2OC3COP(=O)(OCCC#N)O[C@@H]4C(COP(=O)(OCC#N)O[C@H]3[C@H]2F)OC(n2cnc3c(=O)[nH]c(NC(=O)C(C)C)nc32)[C@@H]4F)c(=O)[nH]1. The predicted octanol–water partition coefficient (Wildman–Crippen LogP) is 2.42. The highest BCUT2D eigenvalue weighted by molar-refractivity contribution is 7.48. The number of aromatic amines is 2. The van der Waals surface area contributed by atoms with Gasteiger partial charge in [0.25, 0.3) is 11.1 Å². The van der Waals surface area contributed by atoms with Crippen molar-refractivity contribution in [2.75, 3.05) is 37.1 Å². The first kappa shape index (κ1) is 45.6. The molecule has 7 rings (SSSR count). The topological polar surface area (TPSA) is 341 Å². The van der Waals surface area contributed by atoms with Crippen molar-refractivity contribution < 1.29 is 64.1 Å². The summed E-state index contributed by atoms with van der Waals surface area (Å²) in [5, 5.41) is 23.3. The summed E-state index contributed by atoms with van der Waals surface area (Å²) in [6.45, 7) is 2.85. The fourth-order valence-corrected chi connectivity index (χ4v) is 9.04. The van der Waals surface area contributed by atoms with Gasteiger partial charge in [-0.3, -0.25) is 76.1 Å². The van der Waals surface area contributed by atoms with Gasteiger partial charge >= 0.3 is 15.6 Å². The van der Waals surface area contributed by atoms with Crippen LogP contribution in [0.15, 0.2) is 22.2 Å². The number of hydrogen-bond donors (Lipinski definition) is 4. The van der Waals surface area contributed by atoms with Crippen molar-refractivity contribution in [1.29, 1.82) is 10.5 Å². The van der Waals surface area contributed by atoms with Crippen molar-refractivity contribution >= 4 is 61.7 Å². The van der Waals surface area contributed by atoms with Crippen LogP contribution in [0.1, 0.15) is 46.6 Å². The molecule has 0 aliphatic carbocycles. The van der Waals surface area contributed by atoms with E-state index in [0.717, 1.165) is 21.8 Å². The molecule has 0 aromatic carbocycles. The Bertz CT molecular complexity index is 2700. The smallest absolute Gasteiger partial charge is 0.346 e. The first-order valence-corrected chi connectivity index (χ1v) is 21.9. The summed E-state index contributed by atoms with van der Waals surface area (Å²) in [6.07, 6.45) is -14.3. The standard InChI is InChI=1S/C33H38F2N12O14P2/c1-14(2)26(48)42-32-40-24-20(28(50)44-32)38-12-46(24)30-18(34)22-17(59-30)11-57-63(53,55-9-7-37)61-23-16(10-56-62(52,60-22)54-8-5-6-36)58-31(19(23)35)47-13-39-21-25(47)41-33(45-29(21)51)43-27(49)15(3)4/h12-19,22-23,30-31H,5,8-11H2,1-4H3,(H2,40,42,44,48,50)(H2,41,43,45,49,51)/t16?,17?,18-,19-,22-,23-,30?,31?,62?,63?/m1/s1. The average Bonchev–Trinajstić information content (AvgIpc) is 4.00. The number of fused-ring (bicyclic) bond motifs is 4. The molecule has 0 spiro atoms. The van der Waals surface area contributed by atoms with E-state index in [-0.39, 0.29) is 40.6 Å². The Morgan fingerprint density at radius 1 is 0.810 bits per heavy atom. The molecule has 0 saturated carbocycles. The second kappa shape index (κ2) is 18.4. The normalized spacial score (nSPS) is 30.0. The molecule has 30 heteroatoms. The van der Waals surface area contributed by atoms with Crippen LogP contribution in [0.25, 0.3) is 22.3 Å². The van der Waals surface area contributed by atoms with Crippen LogP contribution in [0.4, 0.5) is 20.7 Å². The number of carbonyl (C=O) groups excluding carboxylic acids is 2. The monoisotopic (exact) mass is 926 g/mol. The first-order valence-electron chi connectivity index (χ1n) is 19.0. The number of aromatic nitrogens is 8. The fourth-order valence-electron chi connectivity index (χ4n) is 6.36. The lowest BCUT2D eigenvalue weighted by Crippen LogP contribution is -2.38. The summed E-state index contributed by atoms with van der Waals surface area (Å²) >= 11 is 0. The Hall–Kier alpha value is -5.38. The highest BCUT2D eigenvalue weighted by Gasteiger charge is 2.56.